The highest BCUT2D eigenvalue weighted by atomic mass is 35.5. The van der Waals surface area contributed by atoms with Gasteiger partial charge in [0.25, 0.3) is 11.8 Å². The van der Waals surface area contributed by atoms with Crippen LogP contribution >= 0.6 is 11.6 Å². The van der Waals surface area contributed by atoms with Gasteiger partial charge in [0.2, 0.25) is 0 Å². The van der Waals surface area contributed by atoms with Crippen LogP contribution in [0.5, 0.6) is 5.75 Å². The quantitative estimate of drug-likeness (QED) is 0.437. The molecule has 1 aromatic rings. The van der Waals surface area contributed by atoms with E-state index in [2.05, 4.69) is 5.32 Å². The normalized spacial score (nSPS) is 15.9. The van der Waals surface area contributed by atoms with Gasteiger partial charge in [0, 0.05) is 11.6 Å². The molecule has 0 radical (unpaired) electrons. The minimum absolute atomic E-state index is 0.0986. The monoisotopic (exact) mass is 412 g/mol. The van der Waals surface area contributed by atoms with Crippen molar-refractivity contribution in [1.29, 1.82) is 0 Å². The number of rotatable bonds is 10. The molecule has 1 saturated heterocycles. The zero-order chi connectivity index (χ0) is 20.4. The van der Waals surface area contributed by atoms with E-state index in [0.29, 0.717) is 37.8 Å². The molecule has 1 unspecified atom stereocenters. The average Bonchev–Trinajstić information content (AvgIpc) is 2.68. The molecule has 1 aliphatic heterocycles. The second-order valence-electron chi connectivity index (χ2n) is 7.34. The van der Waals surface area contributed by atoms with Gasteiger partial charge < -0.3 is 24.8 Å². The predicted molar refractivity (Wildman–Crippen MR) is 109 cm³/mol. The lowest BCUT2D eigenvalue weighted by molar-refractivity contribution is -0.896. The molecule has 1 aromatic carbocycles. The third-order valence-corrected chi connectivity index (χ3v) is 5.12. The fraction of sp³-hybridized carbons (Fsp3) is 0.600. The van der Waals surface area contributed by atoms with Gasteiger partial charge in [-0.1, -0.05) is 18.5 Å². The summed E-state index contributed by atoms with van der Waals surface area (Å²) in [4.78, 5) is 28.6. The zero-order valence-corrected chi connectivity index (χ0v) is 17.7. The van der Waals surface area contributed by atoms with Crippen molar-refractivity contribution in [3.8, 4) is 5.75 Å². The summed E-state index contributed by atoms with van der Waals surface area (Å²) in [5, 5.41) is 3.60. The number of nitrogens with zero attached hydrogens (tertiary/aromatic N) is 1. The molecule has 0 saturated carbocycles. The number of piperazine rings is 1. The Kier molecular flexibility index (Phi) is 9.54. The largest absolute Gasteiger partial charge is 0.488 e. The molecule has 28 heavy (non-hydrogen) atoms. The van der Waals surface area contributed by atoms with Crippen molar-refractivity contribution in [3.63, 3.8) is 0 Å². The summed E-state index contributed by atoms with van der Waals surface area (Å²) in [5.41, 5.74) is 0. The number of ether oxygens (including phenoxy) is 1. The van der Waals surface area contributed by atoms with Crippen LogP contribution in [-0.2, 0) is 9.59 Å². The minimum atomic E-state index is 0.0986. The van der Waals surface area contributed by atoms with Crippen molar-refractivity contribution in [3.05, 3.63) is 29.3 Å². The third-order valence-electron chi connectivity index (χ3n) is 4.87. The van der Waals surface area contributed by atoms with E-state index in [0.717, 1.165) is 43.2 Å². The smallest absolute Gasteiger partial charge is 0.278 e. The van der Waals surface area contributed by atoms with Crippen LogP contribution in [0.1, 0.15) is 13.3 Å². The van der Waals surface area contributed by atoms with Crippen LogP contribution in [-0.4, -0.2) is 82.7 Å². The van der Waals surface area contributed by atoms with Crippen LogP contribution in [0.4, 0.5) is 0 Å². The summed E-state index contributed by atoms with van der Waals surface area (Å²) in [6.45, 7) is 8.09. The van der Waals surface area contributed by atoms with Crippen molar-refractivity contribution >= 4 is 23.4 Å². The molecule has 156 valence electrons. The van der Waals surface area contributed by atoms with Gasteiger partial charge in [-0.15, -0.1) is 0 Å². The second kappa shape index (κ2) is 11.9. The Labute approximate surface area is 172 Å². The molecule has 1 atom stereocenters. The molecule has 2 rings (SSSR count). The first-order valence-corrected chi connectivity index (χ1v) is 10.4. The number of hydrogen-bond donors (Lipinski definition) is 3. The fourth-order valence-corrected chi connectivity index (χ4v) is 3.26. The molecule has 3 N–H and O–H groups in total. The van der Waals surface area contributed by atoms with Crippen LogP contribution in [0.2, 0.25) is 5.02 Å². The lowest BCUT2D eigenvalue weighted by Gasteiger charge is -2.32. The van der Waals surface area contributed by atoms with Gasteiger partial charge in [-0.25, -0.2) is 0 Å². The summed E-state index contributed by atoms with van der Waals surface area (Å²) in [6.07, 6.45) is 0.948. The van der Waals surface area contributed by atoms with Gasteiger partial charge in [0.05, 0.1) is 33.2 Å². The number of likely N-dealkylation sites (N-methyl/N-ethyl adjacent to an activating group) is 1. The fourth-order valence-electron chi connectivity index (χ4n) is 3.14. The molecule has 0 bridgehead atoms. The molecule has 2 amide bonds. The lowest BCUT2D eigenvalue weighted by atomic mass is 10.3. The van der Waals surface area contributed by atoms with Crippen LogP contribution < -0.4 is 19.9 Å². The van der Waals surface area contributed by atoms with Gasteiger partial charge in [0.15, 0.2) is 13.1 Å². The molecular formula is C20H33ClN4O3+2. The Morgan fingerprint density at radius 1 is 1.25 bits per heavy atom. The highest BCUT2D eigenvalue weighted by Gasteiger charge is 2.26. The number of quaternary nitrogens is 2. The summed E-state index contributed by atoms with van der Waals surface area (Å²) in [7, 11) is 2.00. The molecule has 0 aromatic heterocycles. The van der Waals surface area contributed by atoms with Crippen LogP contribution in [0.25, 0.3) is 0 Å². The number of hydrogen-bond acceptors (Lipinski definition) is 3. The maximum Gasteiger partial charge on any atom is 0.278 e. The Hall–Kier alpha value is -1.83. The summed E-state index contributed by atoms with van der Waals surface area (Å²) in [5.74, 6) is 1.05. The first-order valence-electron chi connectivity index (χ1n) is 10.1. The predicted octanol–water partition coefficient (Wildman–Crippen LogP) is -1.51. The van der Waals surface area contributed by atoms with E-state index in [1.54, 1.807) is 12.1 Å². The highest BCUT2D eigenvalue weighted by molar-refractivity contribution is 6.30. The van der Waals surface area contributed by atoms with E-state index in [-0.39, 0.29) is 11.8 Å². The van der Waals surface area contributed by atoms with Crippen molar-refractivity contribution in [1.82, 2.24) is 10.2 Å². The maximum absolute atomic E-state index is 12.5. The topological polar surface area (TPSA) is 67.5 Å². The van der Waals surface area contributed by atoms with E-state index in [4.69, 9.17) is 16.3 Å². The second-order valence-corrected chi connectivity index (χ2v) is 7.78. The molecule has 1 fully saturated rings. The minimum Gasteiger partial charge on any atom is -0.488 e. The van der Waals surface area contributed by atoms with Gasteiger partial charge in [-0.2, -0.15) is 0 Å². The Morgan fingerprint density at radius 3 is 2.57 bits per heavy atom. The van der Waals surface area contributed by atoms with E-state index in [1.807, 2.05) is 31.0 Å². The summed E-state index contributed by atoms with van der Waals surface area (Å²) < 4.78 is 5.69. The number of amides is 2. The molecule has 0 spiro atoms. The van der Waals surface area contributed by atoms with Crippen molar-refractivity contribution in [2.24, 2.45) is 0 Å². The standard InChI is InChI=1S/C20H31ClN4O3/c1-3-8-22-19(26)15-24-9-11-25(12-10-24)20(27)16-23(2)13-14-28-18-6-4-17(21)5-7-18/h4-7H,3,8-16H2,1-2H3,(H,22,26)/p+2. The van der Waals surface area contributed by atoms with E-state index in [9.17, 15) is 9.59 Å². The van der Waals surface area contributed by atoms with E-state index < -0.39 is 0 Å². The van der Waals surface area contributed by atoms with Gasteiger partial charge >= 0.3 is 0 Å². The number of benzene rings is 1. The van der Waals surface area contributed by atoms with Gasteiger partial charge in [-0.05, 0) is 30.7 Å². The number of halogens is 1. The molecule has 7 nitrogen and oxygen atoms in total. The zero-order valence-electron chi connectivity index (χ0n) is 16.9. The van der Waals surface area contributed by atoms with Crippen molar-refractivity contribution in [2.45, 2.75) is 13.3 Å². The van der Waals surface area contributed by atoms with Crippen LogP contribution in [0, 0.1) is 0 Å². The first kappa shape index (κ1) is 22.5. The SMILES string of the molecule is CCCNC(=O)C[NH+]1CCN(C(=O)C[NH+](C)CCOc2ccc(Cl)cc2)CC1. The molecule has 1 aliphatic rings. The molecule has 0 aliphatic carbocycles. The van der Waals surface area contributed by atoms with Crippen molar-refractivity contribution < 1.29 is 24.1 Å². The molecule has 8 heteroatoms. The van der Waals surface area contributed by atoms with E-state index >= 15 is 0 Å². The number of nitrogens with one attached hydrogen (secondary N) is 3. The Morgan fingerprint density at radius 2 is 1.93 bits per heavy atom. The average molecular weight is 413 g/mol. The third kappa shape index (κ3) is 8.04. The Balaban J connectivity index is 1.62. The van der Waals surface area contributed by atoms with Crippen molar-refractivity contribution in [2.75, 3.05) is 66.0 Å². The summed E-state index contributed by atoms with van der Waals surface area (Å²) >= 11 is 5.86. The maximum atomic E-state index is 12.5. The first-order chi connectivity index (χ1) is 13.5. The molecule has 1 heterocycles. The lowest BCUT2D eigenvalue weighted by Crippen LogP contribution is -3.16. The highest BCUT2D eigenvalue weighted by Crippen LogP contribution is 2.14. The number of carbonyl (C=O) groups is 2. The molecular weight excluding hydrogens is 380 g/mol. The Bertz CT molecular complexity index is 618. The van der Waals surface area contributed by atoms with Gasteiger partial charge in [0.1, 0.15) is 18.9 Å². The number of carbonyl (C=O) groups excluding carboxylic acids is 2. The van der Waals surface area contributed by atoms with Crippen LogP contribution in [0.15, 0.2) is 24.3 Å². The summed E-state index contributed by atoms with van der Waals surface area (Å²) in [6, 6.07) is 7.28. The van der Waals surface area contributed by atoms with Crippen LogP contribution in [0.3, 0.4) is 0 Å². The van der Waals surface area contributed by atoms with Gasteiger partial charge in [-0.3, -0.25) is 9.59 Å². The van der Waals surface area contributed by atoms with E-state index in [1.165, 1.54) is 4.90 Å².